The second-order valence-electron chi connectivity index (χ2n) is 6.48. The Labute approximate surface area is 198 Å². The summed E-state index contributed by atoms with van der Waals surface area (Å²) in [5.74, 6) is -33.2. The highest BCUT2D eigenvalue weighted by Gasteiger charge is 2.88. The molecule has 240 valence electrons. The zero-order valence-electron chi connectivity index (χ0n) is 16.7. The normalized spacial score (nSPS) is 20.0. The molecule has 0 aliphatic heterocycles. The average molecular weight is 664 g/mol. The van der Waals surface area contributed by atoms with Crippen LogP contribution in [0.1, 0.15) is 0 Å². The van der Waals surface area contributed by atoms with Crippen molar-refractivity contribution in [1.82, 2.24) is 0 Å². The summed E-state index contributed by atoms with van der Waals surface area (Å²) in [6, 6.07) is -5.02. The van der Waals surface area contributed by atoms with Gasteiger partial charge >= 0.3 is 72.6 Å². The number of hydrogen-bond donors (Lipinski definition) is 0. The molecule has 0 saturated heterocycles. The lowest BCUT2D eigenvalue weighted by atomic mass is 10.2. The molecule has 0 bridgehead atoms. The summed E-state index contributed by atoms with van der Waals surface area (Å²) < 4.78 is 311. The molecule has 0 N–H and O–H groups in total. The van der Waals surface area contributed by atoms with Crippen molar-refractivity contribution in [2.24, 2.45) is 0 Å². The van der Waals surface area contributed by atoms with Gasteiger partial charge in [0.2, 0.25) is 0 Å². The van der Waals surface area contributed by atoms with E-state index in [1.807, 2.05) is 0 Å². The van der Waals surface area contributed by atoms with Crippen LogP contribution in [-0.2, 0) is 19.0 Å². The number of rotatable bonds is 10. The van der Waals surface area contributed by atoms with Crippen LogP contribution in [0.25, 0.3) is 0 Å². The van der Waals surface area contributed by atoms with Gasteiger partial charge in [-0.2, -0.15) is 105 Å². The van der Waals surface area contributed by atoms with E-state index in [0.717, 1.165) is 9.47 Å². The second kappa shape index (κ2) is 9.72. The SMILES string of the molecule is O=C(F)[C@@](F)(OC(F)(F)[C@](F)(OC(F)(F)[C@@](F)(OC(F)(F)C(F)(F)C(F)(F)F)C(F)(F)F)C(F)(F)F)C(F)(F)F. The molecule has 0 aliphatic carbocycles. The molecule has 0 aliphatic rings. The number of ether oxygens (including phenoxy) is 3. The smallest absolute Gasteiger partial charge is 0.263 e. The Balaban J connectivity index is 7.24. The van der Waals surface area contributed by atoms with Crippen molar-refractivity contribution >= 4 is 6.04 Å². The summed E-state index contributed by atoms with van der Waals surface area (Å²) in [5.41, 5.74) is 0. The lowest BCUT2D eigenvalue weighted by molar-refractivity contribution is -0.577. The molecule has 0 aromatic rings. The van der Waals surface area contributed by atoms with E-state index < -0.39 is 72.6 Å². The number of hydrogen-bond acceptors (Lipinski definition) is 4. The monoisotopic (exact) mass is 664 g/mol. The molecule has 4 nitrogen and oxygen atoms in total. The van der Waals surface area contributed by atoms with Gasteiger partial charge in [0, 0.05) is 0 Å². The Morgan fingerprint density at radius 1 is 0.375 bits per heavy atom. The Hall–Kier alpha value is -2.13. The van der Waals surface area contributed by atoms with E-state index in [4.69, 9.17) is 0 Å². The van der Waals surface area contributed by atoms with E-state index in [-0.39, 0.29) is 0 Å². The maximum absolute atomic E-state index is 14.0. The summed E-state index contributed by atoms with van der Waals surface area (Å²) in [5, 5.41) is 0. The van der Waals surface area contributed by atoms with Gasteiger partial charge in [-0.25, -0.2) is 0 Å². The van der Waals surface area contributed by atoms with Crippen molar-refractivity contribution in [3.63, 3.8) is 0 Å². The van der Waals surface area contributed by atoms with Crippen LogP contribution in [0.4, 0.5) is 105 Å². The molecule has 0 rings (SSSR count). The Morgan fingerprint density at radius 2 is 0.650 bits per heavy atom. The summed E-state index contributed by atoms with van der Waals surface area (Å²) in [6.07, 6.45) is -58.2. The fourth-order valence-corrected chi connectivity index (χ4v) is 1.66. The van der Waals surface area contributed by atoms with Crippen LogP contribution >= 0.6 is 0 Å². The van der Waals surface area contributed by atoms with E-state index in [2.05, 4.69) is 0 Å². The van der Waals surface area contributed by atoms with Crippen molar-refractivity contribution in [2.45, 2.75) is 66.5 Å². The largest absolute Gasteiger partial charge is 0.462 e. The Kier molecular flexibility index (Phi) is 9.20. The highest BCUT2D eigenvalue weighted by molar-refractivity contribution is 5.77. The number of carbonyl (C=O) groups is 1. The lowest BCUT2D eigenvalue weighted by Gasteiger charge is -2.42. The molecular formula is C12F24O4. The van der Waals surface area contributed by atoms with Crippen LogP contribution < -0.4 is 0 Å². The van der Waals surface area contributed by atoms with E-state index in [1.54, 1.807) is 0 Å². The van der Waals surface area contributed by atoms with Crippen LogP contribution in [0, 0.1) is 0 Å². The predicted octanol–water partition coefficient (Wildman–Crippen LogP) is 7.19. The standard InChI is InChI=1S/C12F24O4/c13-1(37)2(14,6(19,20)21)38-11(33,34)4(17,8(25,26)27)40-12(35,36)5(18,9(28,29)30)39-10(31,32)3(15,16)7(22,23)24/t2-,4-,5+/m1/s1. The summed E-state index contributed by atoms with van der Waals surface area (Å²) >= 11 is 0. The van der Waals surface area contributed by atoms with Gasteiger partial charge in [-0.05, 0) is 0 Å². The second-order valence-corrected chi connectivity index (χ2v) is 6.48. The third kappa shape index (κ3) is 6.06. The van der Waals surface area contributed by atoms with Crippen LogP contribution in [-0.4, -0.2) is 72.6 Å². The summed E-state index contributed by atoms with van der Waals surface area (Å²) in [4.78, 5) is 9.99. The van der Waals surface area contributed by atoms with Crippen LogP contribution in [0.5, 0.6) is 0 Å². The van der Waals surface area contributed by atoms with Gasteiger partial charge < -0.3 is 0 Å². The van der Waals surface area contributed by atoms with E-state index >= 15 is 0 Å². The van der Waals surface area contributed by atoms with E-state index in [9.17, 15) is 110 Å². The Morgan fingerprint density at radius 3 is 0.875 bits per heavy atom. The maximum atomic E-state index is 14.0. The zero-order valence-corrected chi connectivity index (χ0v) is 16.7. The van der Waals surface area contributed by atoms with Gasteiger partial charge in [0.05, 0.1) is 0 Å². The number of alkyl halides is 23. The fourth-order valence-electron chi connectivity index (χ4n) is 1.66. The molecule has 0 aromatic heterocycles. The molecule has 0 aromatic carbocycles. The molecule has 3 atom stereocenters. The van der Waals surface area contributed by atoms with Gasteiger partial charge in [0.15, 0.2) is 0 Å². The molecule has 0 spiro atoms. The van der Waals surface area contributed by atoms with E-state index in [1.165, 1.54) is 4.74 Å². The minimum atomic E-state index is -8.80. The molecule has 0 heterocycles. The number of halogens is 24. The summed E-state index contributed by atoms with van der Waals surface area (Å²) in [7, 11) is 0. The van der Waals surface area contributed by atoms with Crippen LogP contribution in [0.3, 0.4) is 0 Å². The molecule has 0 amide bonds. The minimum absolute atomic E-state index is 0.953. The average Bonchev–Trinajstić information content (AvgIpc) is 2.62. The quantitative estimate of drug-likeness (QED) is 0.183. The highest BCUT2D eigenvalue weighted by atomic mass is 19.4. The first kappa shape index (κ1) is 37.9. The van der Waals surface area contributed by atoms with Crippen molar-refractivity contribution in [3.8, 4) is 0 Å². The third-order valence-corrected chi connectivity index (χ3v) is 3.62. The van der Waals surface area contributed by atoms with E-state index in [0.29, 0.717) is 0 Å². The molecule has 0 saturated carbocycles. The first-order chi connectivity index (χ1) is 16.8. The third-order valence-electron chi connectivity index (χ3n) is 3.62. The fraction of sp³-hybridized carbons (Fsp3) is 0.917. The first-order valence-electron chi connectivity index (χ1n) is 7.96. The first-order valence-corrected chi connectivity index (χ1v) is 7.96. The molecule has 0 fully saturated rings. The minimum Gasteiger partial charge on any atom is -0.263 e. The van der Waals surface area contributed by atoms with Crippen molar-refractivity contribution < 1.29 is 124 Å². The van der Waals surface area contributed by atoms with Gasteiger partial charge in [-0.1, -0.05) is 0 Å². The maximum Gasteiger partial charge on any atom is 0.462 e. The van der Waals surface area contributed by atoms with Crippen molar-refractivity contribution in [1.29, 1.82) is 0 Å². The number of carbonyl (C=O) groups excluding carboxylic acids is 1. The van der Waals surface area contributed by atoms with Crippen molar-refractivity contribution in [3.05, 3.63) is 0 Å². The van der Waals surface area contributed by atoms with Gasteiger partial charge in [-0.3, -0.25) is 19.0 Å². The molecule has 40 heavy (non-hydrogen) atoms. The highest BCUT2D eigenvalue weighted by Crippen LogP contribution is 2.59. The van der Waals surface area contributed by atoms with Gasteiger partial charge in [-0.15, -0.1) is 0 Å². The summed E-state index contributed by atoms with van der Waals surface area (Å²) in [6.45, 7) is 0. The topological polar surface area (TPSA) is 44.8 Å². The molecule has 0 unspecified atom stereocenters. The van der Waals surface area contributed by atoms with Crippen LogP contribution in [0.15, 0.2) is 0 Å². The predicted molar refractivity (Wildman–Crippen MR) is 64.9 cm³/mol. The van der Waals surface area contributed by atoms with Crippen LogP contribution in [0.2, 0.25) is 0 Å². The molecular weight excluding hydrogens is 664 g/mol. The van der Waals surface area contributed by atoms with Crippen molar-refractivity contribution in [2.75, 3.05) is 0 Å². The molecule has 28 heteroatoms. The Bertz CT molecular complexity index is 928. The van der Waals surface area contributed by atoms with Gasteiger partial charge in [0.1, 0.15) is 0 Å². The van der Waals surface area contributed by atoms with Gasteiger partial charge in [0.25, 0.3) is 0 Å². The lowest BCUT2D eigenvalue weighted by Crippen LogP contribution is -2.70. The molecule has 0 radical (unpaired) electrons. The zero-order chi connectivity index (χ0) is 33.2.